The van der Waals surface area contributed by atoms with Crippen molar-refractivity contribution >= 4 is 11.2 Å². The Labute approximate surface area is 94.4 Å². The molecule has 84 valence electrons. The quantitative estimate of drug-likeness (QED) is 0.664. The van der Waals surface area contributed by atoms with Gasteiger partial charge in [0.1, 0.15) is 11.6 Å². The van der Waals surface area contributed by atoms with Gasteiger partial charge in [-0.3, -0.25) is 4.79 Å². The summed E-state index contributed by atoms with van der Waals surface area (Å²) in [5, 5.41) is 0. The van der Waals surface area contributed by atoms with Crippen molar-refractivity contribution in [2.75, 3.05) is 0 Å². The molecule has 0 spiro atoms. The molecular weight excluding hydrogens is 223 g/mol. The van der Waals surface area contributed by atoms with Gasteiger partial charge in [-0.1, -0.05) is 0 Å². The van der Waals surface area contributed by atoms with Crippen LogP contribution >= 0.6 is 0 Å². The van der Waals surface area contributed by atoms with Crippen LogP contribution in [-0.2, 0) is 0 Å². The van der Waals surface area contributed by atoms with Crippen LogP contribution < -0.4 is 5.56 Å². The lowest BCUT2D eigenvalue weighted by Gasteiger charge is -1.94. The number of H-pyrrole nitrogens is 2. The second-order valence-electron chi connectivity index (χ2n) is 3.52. The highest BCUT2D eigenvalue weighted by molar-refractivity contribution is 5.74. The number of hydrogen-bond acceptors (Lipinski definition) is 3. The van der Waals surface area contributed by atoms with Gasteiger partial charge in [0.05, 0.1) is 6.33 Å². The molecular formula is C11H7FN4O. The first-order valence-corrected chi connectivity index (χ1v) is 4.93. The van der Waals surface area contributed by atoms with Gasteiger partial charge < -0.3 is 9.97 Å². The molecule has 0 saturated heterocycles. The third-order valence-corrected chi connectivity index (χ3v) is 2.41. The van der Waals surface area contributed by atoms with Crippen LogP contribution in [0.1, 0.15) is 0 Å². The molecule has 0 aliphatic carbocycles. The number of aromatic amines is 2. The highest BCUT2D eigenvalue weighted by atomic mass is 19.1. The molecule has 17 heavy (non-hydrogen) atoms. The van der Waals surface area contributed by atoms with Crippen LogP contribution in [0.2, 0.25) is 0 Å². The summed E-state index contributed by atoms with van der Waals surface area (Å²) >= 11 is 0. The number of halogens is 1. The number of aromatic nitrogens is 4. The molecule has 3 rings (SSSR count). The van der Waals surface area contributed by atoms with Crippen LogP contribution in [0.5, 0.6) is 0 Å². The third kappa shape index (κ3) is 1.59. The first kappa shape index (κ1) is 9.71. The lowest BCUT2D eigenvalue weighted by atomic mass is 10.2. The van der Waals surface area contributed by atoms with E-state index in [1.165, 1.54) is 18.5 Å². The van der Waals surface area contributed by atoms with Gasteiger partial charge >= 0.3 is 0 Å². The molecule has 0 aliphatic heterocycles. The van der Waals surface area contributed by atoms with Gasteiger partial charge in [-0.15, -0.1) is 0 Å². The van der Waals surface area contributed by atoms with Crippen molar-refractivity contribution in [3.63, 3.8) is 0 Å². The highest BCUT2D eigenvalue weighted by Crippen LogP contribution is 2.17. The Hall–Kier alpha value is -2.50. The molecule has 0 bridgehead atoms. The first-order chi connectivity index (χ1) is 8.24. The Morgan fingerprint density at radius 1 is 1.18 bits per heavy atom. The minimum atomic E-state index is -0.319. The maximum atomic E-state index is 12.8. The molecule has 0 radical (unpaired) electrons. The number of nitrogens with one attached hydrogen (secondary N) is 2. The third-order valence-electron chi connectivity index (χ3n) is 2.41. The summed E-state index contributed by atoms with van der Waals surface area (Å²) in [6, 6.07) is 5.84. The highest BCUT2D eigenvalue weighted by Gasteiger charge is 2.08. The molecule has 2 heterocycles. The average molecular weight is 230 g/mol. The molecule has 0 fully saturated rings. The SMILES string of the molecule is O=c1[nH]cnc2nc(-c3ccc(F)cc3)[nH]c12. The predicted octanol–water partition coefficient (Wildman–Crippen LogP) is 1.45. The van der Waals surface area contributed by atoms with Gasteiger partial charge in [0.2, 0.25) is 0 Å². The summed E-state index contributed by atoms with van der Waals surface area (Å²) in [5.74, 6) is 0.171. The second kappa shape index (κ2) is 3.51. The van der Waals surface area contributed by atoms with E-state index in [0.717, 1.165) is 0 Å². The van der Waals surface area contributed by atoms with Gasteiger partial charge in [0.15, 0.2) is 11.2 Å². The van der Waals surface area contributed by atoms with E-state index in [2.05, 4.69) is 19.9 Å². The molecule has 0 saturated carbocycles. The maximum Gasteiger partial charge on any atom is 0.276 e. The van der Waals surface area contributed by atoms with Crippen molar-refractivity contribution in [3.05, 3.63) is 46.8 Å². The first-order valence-electron chi connectivity index (χ1n) is 4.93. The average Bonchev–Trinajstić information content (AvgIpc) is 2.75. The smallest absolute Gasteiger partial charge is 0.276 e. The van der Waals surface area contributed by atoms with Crippen molar-refractivity contribution in [2.24, 2.45) is 0 Å². The lowest BCUT2D eigenvalue weighted by molar-refractivity contribution is 0.628. The topological polar surface area (TPSA) is 74.4 Å². The second-order valence-corrected chi connectivity index (χ2v) is 3.52. The summed E-state index contributed by atoms with van der Waals surface area (Å²) in [6.07, 6.45) is 1.29. The minimum absolute atomic E-state index is 0.282. The standard InChI is InChI=1S/C11H7FN4O/c12-7-3-1-6(2-4-7)9-15-8-10(16-9)13-5-14-11(8)17/h1-5H,(H2,13,14,15,16,17). The number of benzene rings is 1. The predicted molar refractivity (Wildman–Crippen MR) is 59.9 cm³/mol. The van der Waals surface area contributed by atoms with Crippen LogP contribution in [0.3, 0.4) is 0 Å². The number of hydrogen-bond donors (Lipinski definition) is 2. The van der Waals surface area contributed by atoms with Crippen LogP contribution in [0.4, 0.5) is 4.39 Å². The van der Waals surface area contributed by atoms with Crippen LogP contribution in [0.15, 0.2) is 35.4 Å². The molecule has 1 aromatic carbocycles. The summed E-state index contributed by atoms with van der Waals surface area (Å²) < 4.78 is 12.8. The molecule has 0 amide bonds. The zero-order valence-corrected chi connectivity index (χ0v) is 8.57. The zero-order valence-electron chi connectivity index (χ0n) is 8.57. The van der Waals surface area contributed by atoms with Crippen LogP contribution in [0.25, 0.3) is 22.6 Å². The fraction of sp³-hybridized carbons (Fsp3) is 0. The number of rotatable bonds is 1. The van der Waals surface area contributed by atoms with E-state index in [1.807, 2.05) is 0 Å². The Morgan fingerprint density at radius 3 is 2.65 bits per heavy atom. The molecule has 3 aromatic rings. The summed E-state index contributed by atoms with van der Waals surface area (Å²) in [5.41, 5.74) is 1.07. The van der Waals surface area contributed by atoms with Gasteiger partial charge in [-0.25, -0.2) is 14.4 Å². The van der Waals surface area contributed by atoms with E-state index >= 15 is 0 Å². The lowest BCUT2D eigenvalue weighted by Crippen LogP contribution is -2.05. The maximum absolute atomic E-state index is 12.8. The molecule has 0 unspecified atom stereocenters. The minimum Gasteiger partial charge on any atom is -0.332 e. The number of nitrogens with zero attached hydrogens (tertiary/aromatic N) is 2. The van der Waals surface area contributed by atoms with Crippen molar-refractivity contribution < 1.29 is 4.39 Å². The molecule has 6 heteroatoms. The monoisotopic (exact) mass is 230 g/mol. The normalized spacial score (nSPS) is 10.9. The van der Waals surface area contributed by atoms with Crippen molar-refractivity contribution in [2.45, 2.75) is 0 Å². The van der Waals surface area contributed by atoms with E-state index in [4.69, 9.17) is 0 Å². The van der Waals surface area contributed by atoms with Gasteiger partial charge in [-0.05, 0) is 24.3 Å². The van der Waals surface area contributed by atoms with Crippen molar-refractivity contribution in [1.82, 2.24) is 19.9 Å². The summed E-state index contributed by atoms with van der Waals surface area (Å²) in [6.45, 7) is 0. The van der Waals surface area contributed by atoms with Crippen LogP contribution in [-0.4, -0.2) is 19.9 Å². The zero-order chi connectivity index (χ0) is 11.8. The van der Waals surface area contributed by atoms with E-state index in [-0.39, 0.29) is 11.4 Å². The number of imidazole rings is 1. The fourth-order valence-electron chi connectivity index (χ4n) is 1.58. The van der Waals surface area contributed by atoms with E-state index in [0.29, 0.717) is 22.6 Å². The summed E-state index contributed by atoms with van der Waals surface area (Å²) in [4.78, 5) is 24.9. The Balaban J connectivity index is 2.21. The molecule has 0 atom stereocenters. The Kier molecular flexibility index (Phi) is 2.01. The molecule has 2 aromatic heterocycles. The molecule has 0 aliphatic rings. The van der Waals surface area contributed by atoms with Gasteiger partial charge in [0.25, 0.3) is 5.56 Å². The van der Waals surface area contributed by atoms with Gasteiger partial charge in [-0.2, -0.15) is 0 Å². The molecule has 5 nitrogen and oxygen atoms in total. The van der Waals surface area contributed by atoms with Crippen molar-refractivity contribution in [1.29, 1.82) is 0 Å². The Bertz CT molecular complexity index is 729. The largest absolute Gasteiger partial charge is 0.332 e. The van der Waals surface area contributed by atoms with E-state index in [1.54, 1.807) is 12.1 Å². The van der Waals surface area contributed by atoms with E-state index in [9.17, 15) is 9.18 Å². The molecule has 2 N–H and O–H groups in total. The van der Waals surface area contributed by atoms with E-state index < -0.39 is 0 Å². The van der Waals surface area contributed by atoms with Crippen molar-refractivity contribution in [3.8, 4) is 11.4 Å². The summed E-state index contributed by atoms with van der Waals surface area (Å²) in [7, 11) is 0. The fourth-order valence-corrected chi connectivity index (χ4v) is 1.58. The number of fused-ring (bicyclic) bond motifs is 1. The Morgan fingerprint density at radius 2 is 1.94 bits per heavy atom. The van der Waals surface area contributed by atoms with Gasteiger partial charge in [0, 0.05) is 5.56 Å². The van der Waals surface area contributed by atoms with Crippen LogP contribution in [0, 0.1) is 5.82 Å².